The average molecular weight is 559 g/mol. The van der Waals surface area contributed by atoms with Crippen molar-refractivity contribution >= 4 is 35.6 Å². The minimum atomic E-state index is 0. The fraction of sp³-hybridized carbons (Fsp3) is 0.346. The lowest BCUT2D eigenvalue weighted by Crippen LogP contribution is -2.46. The molecular weight excluding hydrogens is 525 g/mol. The number of benzene rings is 2. The van der Waals surface area contributed by atoms with Crippen LogP contribution in [-0.4, -0.2) is 50.6 Å². The zero-order valence-electron chi connectivity index (χ0n) is 19.2. The summed E-state index contributed by atoms with van der Waals surface area (Å²) in [6.45, 7) is 6.79. The van der Waals surface area contributed by atoms with E-state index in [1.165, 1.54) is 16.8 Å². The normalized spacial score (nSPS) is 14.6. The number of hydrogen-bond donors (Lipinski definition) is 2. The van der Waals surface area contributed by atoms with Crippen molar-refractivity contribution in [2.75, 3.05) is 44.7 Å². The van der Waals surface area contributed by atoms with Crippen LogP contribution in [0.3, 0.4) is 0 Å². The molecule has 3 aromatic rings. The molecule has 7 heteroatoms. The van der Waals surface area contributed by atoms with Crippen LogP contribution in [0.5, 0.6) is 0 Å². The molecule has 2 N–H and O–H groups in total. The van der Waals surface area contributed by atoms with Crippen LogP contribution in [0.25, 0.3) is 0 Å². The number of piperazine rings is 1. The summed E-state index contributed by atoms with van der Waals surface area (Å²) in [6.07, 6.45) is 2.54. The molecular formula is C26H34IN5O. The number of hydrogen-bond acceptors (Lipinski definition) is 4. The summed E-state index contributed by atoms with van der Waals surface area (Å²) in [5, 5.41) is 6.82. The van der Waals surface area contributed by atoms with Gasteiger partial charge in [-0.05, 0) is 35.4 Å². The van der Waals surface area contributed by atoms with Gasteiger partial charge in [-0.1, -0.05) is 42.5 Å². The zero-order valence-corrected chi connectivity index (χ0v) is 21.6. The third kappa shape index (κ3) is 7.50. The number of nitrogens with one attached hydrogen (secondary N) is 2. The molecule has 1 fully saturated rings. The van der Waals surface area contributed by atoms with Gasteiger partial charge in [0.2, 0.25) is 0 Å². The van der Waals surface area contributed by atoms with Gasteiger partial charge >= 0.3 is 0 Å². The van der Waals surface area contributed by atoms with Gasteiger partial charge in [0.05, 0.1) is 6.26 Å². The summed E-state index contributed by atoms with van der Waals surface area (Å²) in [7, 11) is 1.81. The van der Waals surface area contributed by atoms with Crippen LogP contribution in [0.2, 0.25) is 0 Å². The van der Waals surface area contributed by atoms with Crippen LogP contribution in [0.1, 0.15) is 16.9 Å². The van der Waals surface area contributed by atoms with E-state index in [1.54, 1.807) is 13.3 Å². The number of para-hydroxylation sites is 1. The number of furan rings is 1. The van der Waals surface area contributed by atoms with E-state index in [0.29, 0.717) is 0 Å². The van der Waals surface area contributed by atoms with E-state index in [9.17, 15) is 0 Å². The number of halogens is 1. The van der Waals surface area contributed by atoms with Crippen molar-refractivity contribution < 1.29 is 4.42 Å². The van der Waals surface area contributed by atoms with Crippen LogP contribution in [0.15, 0.2) is 82.4 Å². The highest BCUT2D eigenvalue weighted by Gasteiger charge is 2.18. The smallest absolute Gasteiger partial charge is 0.191 e. The molecule has 0 aliphatic carbocycles. The Labute approximate surface area is 214 Å². The molecule has 1 aliphatic rings. The SMILES string of the molecule is CN=C(NCCc1ccco1)NCc1ccccc1CN1CCN(c2ccccc2)CC1.I. The molecule has 0 bridgehead atoms. The van der Waals surface area contributed by atoms with Crippen LogP contribution < -0.4 is 15.5 Å². The molecule has 2 aromatic carbocycles. The molecule has 1 aliphatic heterocycles. The number of aliphatic imine (C=N–C) groups is 1. The van der Waals surface area contributed by atoms with E-state index >= 15 is 0 Å². The lowest BCUT2D eigenvalue weighted by atomic mass is 10.1. The van der Waals surface area contributed by atoms with Gasteiger partial charge in [-0.3, -0.25) is 9.89 Å². The van der Waals surface area contributed by atoms with E-state index in [4.69, 9.17) is 4.42 Å². The van der Waals surface area contributed by atoms with Crippen molar-refractivity contribution in [2.24, 2.45) is 4.99 Å². The van der Waals surface area contributed by atoms with Crippen molar-refractivity contribution in [2.45, 2.75) is 19.5 Å². The first-order valence-electron chi connectivity index (χ1n) is 11.4. The highest BCUT2D eigenvalue weighted by molar-refractivity contribution is 14.0. The van der Waals surface area contributed by atoms with E-state index < -0.39 is 0 Å². The van der Waals surface area contributed by atoms with Crippen LogP contribution >= 0.6 is 24.0 Å². The number of nitrogens with zero attached hydrogens (tertiary/aromatic N) is 3. The maximum absolute atomic E-state index is 5.39. The fourth-order valence-electron chi connectivity index (χ4n) is 4.09. The van der Waals surface area contributed by atoms with Gasteiger partial charge in [0.15, 0.2) is 5.96 Å². The van der Waals surface area contributed by atoms with E-state index in [0.717, 1.165) is 64.0 Å². The number of rotatable bonds is 8. The molecule has 33 heavy (non-hydrogen) atoms. The Morgan fingerprint density at radius 2 is 1.61 bits per heavy atom. The molecule has 0 spiro atoms. The van der Waals surface area contributed by atoms with Crippen molar-refractivity contribution in [3.8, 4) is 0 Å². The third-order valence-corrected chi connectivity index (χ3v) is 5.92. The average Bonchev–Trinajstić information content (AvgIpc) is 3.37. The molecule has 0 atom stereocenters. The molecule has 4 rings (SSSR count). The maximum atomic E-state index is 5.39. The first-order chi connectivity index (χ1) is 15.8. The maximum Gasteiger partial charge on any atom is 0.191 e. The standard InChI is InChI=1S/C26H33N5O.HI/c1-27-26(28-14-13-25-12-7-19-32-25)29-20-22-8-5-6-9-23(22)21-30-15-17-31(18-16-30)24-10-3-2-4-11-24;/h2-12,19H,13-18,20-21H2,1H3,(H2,27,28,29);1H. The first-order valence-corrected chi connectivity index (χ1v) is 11.4. The molecule has 0 radical (unpaired) electrons. The molecule has 1 saturated heterocycles. The van der Waals surface area contributed by atoms with Gasteiger partial charge < -0.3 is 20.0 Å². The highest BCUT2D eigenvalue weighted by atomic mass is 127. The Morgan fingerprint density at radius 1 is 0.879 bits per heavy atom. The molecule has 176 valence electrons. The van der Waals surface area contributed by atoms with Crippen molar-refractivity contribution in [3.05, 3.63) is 89.9 Å². The van der Waals surface area contributed by atoms with Crippen molar-refractivity contribution in [1.29, 1.82) is 0 Å². The Bertz CT molecular complexity index is 969. The summed E-state index contributed by atoms with van der Waals surface area (Å²) >= 11 is 0. The summed E-state index contributed by atoms with van der Waals surface area (Å²) in [5.74, 6) is 1.79. The summed E-state index contributed by atoms with van der Waals surface area (Å²) in [5.41, 5.74) is 4.01. The minimum absolute atomic E-state index is 0. The van der Waals surface area contributed by atoms with Gasteiger partial charge in [0.1, 0.15) is 5.76 Å². The van der Waals surface area contributed by atoms with Crippen molar-refractivity contribution in [3.63, 3.8) is 0 Å². The Morgan fingerprint density at radius 3 is 2.30 bits per heavy atom. The second-order valence-corrected chi connectivity index (χ2v) is 8.05. The number of anilines is 1. The van der Waals surface area contributed by atoms with Crippen LogP contribution in [0, 0.1) is 0 Å². The van der Waals surface area contributed by atoms with Crippen molar-refractivity contribution in [1.82, 2.24) is 15.5 Å². The predicted octanol–water partition coefficient (Wildman–Crippen LogP) is 4.13. The second-order valence-electron chi connectivity index (χ2n) is 8.05. The number of guanidine groups is 1. The molecule has 0 unspecified atom stereocenters. The van der Waals surface area contributed by atoms with Crippen LogP contribution in [-0.2, 0) is 19.5 Å². The quantitative estimate of drug-likeness (QED) is 0.247. The molecule has 1 aromatic heterocycles. The largest absolute Gasteiger partial charge is 0.469 e. The first kappa shape index (κ1) is 25.1. The van der Waals surface area contributed by atoms with Gasteiger partial charge in [0, 0.05) is 65.0 Å². The minimum Gasteiger partial charge on any atom is -0.469 e. The topological polar surface area (TPSA) is 56.0 Å². The lowest BCUT2D eigenvalue weighted by Gasteiger charge is -2.36. The predicted molar refractivity (Wildman–Crippen MR) is 146 cm³/mol. The zero-order chi connectivity index (χ0) is 22.0. The lowest BCUT2D eigenvalue weighted by molar-refractivity contribution is 0.249. The Kier molecular flexibility index (Phi) is 10.1. The van der Waals surface area contributed by atoms with Gasteiger partial charge in [-0.15, -0.1) is 24.0 Å². The molecule has 6 nitrogen and oxygen atoms in total. The third-order valence-electron chi connectivity index (χ3n) is 5.92. The summed E-state index contributed by atoms with van der Waals surface area (Å²) in [4.78, 5) is 9.38. The second kappa shape index (κ2) is 13.3. The summed E-state index contributed by atoms with van der Waals surface area (Å²) in [6, 6.07) is 23.3. The van der Waals surface area contributed by atoms with Gasteiger partial charge in [-0.2, -0.15) is 0 Å². The fourth-order valence-corrected chi connectivity index (χ4v) is 4.09. The Balaban J connectivity index is 0.00000306. The van der Waals surface area contributed by atoms with Crippen LogP contribution in [0.4, 0.5) is 5.69 Å². The summed E-state index contributed by atoms with van der Waals surface area (Å²) < 4.78 is 5.39. The monoisotopic (exact) mass is 559 g/mol. The van der Waals surface area contributed by atoms with E-state index in [1.807, 2.05) is 12.1 Å². The molecule has 0 saturated carbocycles. The van der Waals surface area contributed by atoms with E-state index in [2.05, 4.69) is 80.0 Å². The highest BCUT2D eigenvalue weighted by Crippen LogP contribution is 2.18. The molecule has 2 heterocycles. The van der Waals surface area contributed by atoms with Gasteiger partial charge in [0.25, 0.3) is 0 Å². The van der Waals surface area contributed by atoms with Gasteiger partial charge in [-0.25, -0.2) is 0 Å². The van der Waals surface area contributed by atoms with E-state index in [-0.39, 0.29) is 24.0 Å². The molecule has 0 amide bonds. The Hall–Kier alpha value is -2.52.